The molecule has 0 bridgehead atoms. The molecule has 2 N–H and O–H groups in total. The summed E-state index contributed by atoms with van der Waals surface area (Å²) in [6, 6.07) is 3.06. The number of rotatable bonds is 2. The zero-order valence-electron chi connectivity index (χ0n) is 10.3. The lowest BCUT2D eigenvalue weighted by Gasteiger charge is -2.09. The molecule has 0 saturated heterocycles. The summed E-state index contributed by atoms with van der Waals surface area (Å²) in [4.78, 5) is 4.13. The summed E-state index contributed by atoms with van der Waals surface area (Å²) in [5.74, 6) is 1.38. The Morgan fingerprint density at radius 2 is 1.95 bits per heavy atom. The van der Waals surface area contributed by atoms with Crippen LogP contribution in [0, 0.1) is 6.92 Å². The van der Waals surface area contributed by atoms with Gasteiger partial charge in [-0.2, -0.15) is 0 Å². The zero-order chi connectivity index (χ0) is 14.3. The molecular formula is C12H9Cl2N5O. The Morgan fingerprint density at radius 3 is 2.75 bits per heavy atom. The van der Waals surface area contributed by atoms with Crippen LogP contribution in [0.4, 0.5) is 5.69 Å². The van der Waals surface area contributed by atoms with E-state index in [0.717, 1.165) is 5.82 Å². The van der Waals surface area contributed by atoms with Crippen LogP contribution in [0.15, 0.2) is 24.5 Å². The van der Waals surface area contributed by atoms with E-state index in [-0.39, 0.29) is 5.88 Å². The molecular weight excluding hydrogens is 301 g/mol. The lowest BCUT2D eigenvalue weighted by molar-refractivity contribution is 0.467. The summed E-state index contributed by atoms with van der Waals surface area (Å²) in [6.45, 7) is 1.83. The number of nitrogens with zero attached hydrogens (tertiary/aromatic N) is 4. The first kappa shape index (κ1) is 13.0. The first-order chi connectivity index (χ1) is 9.56. The number of benzene rings is 1. The molecule has 0 unspecified atom stereocenters. The van der Waals surface area contributed by atoms with Crippen LogP contribution in [0.5, 0.6) is 11.6 Å². The number of aromatic nitrogens is 4. The number of ether oxygens (including phenoxy) is 1. The smallest absolute Gasteiger partial charge is 0.265 e. The minimum Gasteiger partial charge on any atom is -0.434 e. The second kappa shape index (κ2) is 4.81. The first-order valence-corrected chi connectivity index (χ1v) is 6.40. The molecule has 102 valence electrons. The predicted molar refractivity (Wildman–Crippen MR) is 76.5 cm³/mol. The number of anilines is 1. The molecule has 0 radical (unpaired) electrons. The van der Waals surface area contributed by atoms with Gasteiger partial charge in [0, 0.05) is 18.5 Å². The molecule has 3 aromatic rings. The minimum atomic E-state index is 0.290. The molecule has 0 aliphatic rings. The molecule has 1 aromatic carbocycles. The second-order valence-corrected chi connectivity index (χ2v) is 4.89. The van der Waals surface area contributed by atoms with Crippen LogP contribution < -0.4 is 10.5 Å². The number of hydrogen-bond donors (Lipinski definition) is 1. The number of fused-ring (bicyclic) bond motifs is 1. The van der Waals surface area contributed by atoms with E-state index in [2.05, 4.69) is 15.2 Å². The SMILES string of the molecule is Cc1nnc2c(Oc3cc(Cl)c(Cl)cc3N)nccn12. The lowest BCUT2D eigenvalue weighted by atomic mass is 10.3. The molecule has 20 heavy (non-hydrogen) atoms. The van der Waals surface area contributed by atoms with Crippen molar-refractivity contribution in [3.8, 4) is 11.6 Å². The molecule has 8 heteroatoms. The maximum absolute atomic E-state index is 5.95. The third-order valence-electron chi connectivity index (χ3n) is 2.72. The van der Waals surface area contributed by atoms with Gasteiger partial charge in [-0.25, -0.2) is 4.98 Å². The van der Waals surface area contributed by atoms with Gasteiger partial charge in [0.05, 0.1) is 15.7 Å². The summed E-state index contributed by atoms with van der Waals surface area (Å²) in [6.07, 6.45) is 3.34. The molecule has 0 spiro atoms. The largest absolute Gasteiger partial charge is 0.434 e. The van der Waals surface area contributed by atoms with Crippen molar-refractivity contribution in [2.75, 3.05) is 5.73 Å². The summed E-state index contributed by atoms with van der Waals surface area (Å²) < 4.78 is 7.43. The van der Waals surface area contributed by atoms with E-state index in [0.29, 0.717) is 27.1 Å². The quantitative estimate of drug-likeness (QED) is 0.736. The van der Waals surface area contributed by atoms with Crippen LogP contribution in [-0.2, 0) is 0 Å². The average molecular weight is 310 g/mol. The van der Waals surface area contributed by atoms with E-state index >= 15 is 0 Å². The fraction of sp³-hybridized carbons (Fsp3) is 0.0833. The minimum absolute atomic E-state index is 0.290. The predicted octanol–water partition coefficient (Wildman–Crippen LogP) is 3.11. The van der Waals surface area contributed by atoms with Crippen LogP contribution in [0.25, 0.3) is 5.65 Å². The summed E-state index contributed by atoms with van der Waals surface area (Å²) >= 11 is 11.8. The van der Waals surface area contributed by atoms with Gasteiger partial charge < -0.3 is 10.5 Å². The second-order valence-electron chi connectivity index (χ2n) is 4.08. The van der Waals surface area contributed by atoms with E-state index in [1.54, 1.807) is 16.8 Å². The van der Waals surface area contributed by atoms with Crippen LogP contribution >= 0.6 is 23.2 Å². The van der Waals surface area contributed by atoms with Gasteiger partial charge in [0.2, 0.25) is 5.65 Å². The Balaban J connectivity index is 2.08. The van der Waals surface area contributed by atoms with Gasteiger partial charge in [0.1, 0.15) is 5.82 Å². The van der Waals surface area contributed by atoms with E-state index in [1.165, 1.54) is 12.1 Å². The number of aryl methyl sites for hydroxylation is 1. The lowest BCUT2D eigenvalue weighted by Crippen LogP contribution is -1.97. The van der Waals surface area contributed by atoms with Gasteiger partial charge in [0.15, 0.2) is 5.75 Å². The highest BCUT2D eigenvalue weighted by molar-refractivity contribution is 6.42. The molecule has 0 saturated carbocycles. The Hall–Kier alpha value is -2.05. The van der Waals surface area contributed by atoms with Crippen molar-refractivity contribution in [3.63, 3.8) is 0 Å². The standard InChI is InChI=1S/C12H9Cl2N5O/c1-6-17-18-11-12(16-2-3-19(6)11)20-10-5-8(14)7(13)4-9(10)15/h2-5H,15H2,1H3. The van der Waals surface area contributed by atoms with Crippen LogP contribution in [0.3, 0.4) is 0 Å². The normalized spacial score (nSPS) is 10.9. The Morgan fingerprint density at radius 1 is 1.20 bits per heavy atom. The fourth-order valence-electron chi connectivity index (χ4n) is 1.73. The van der Waals surface area contributed by atoms with Gasteiger partial charge in [-0.05, 0) is 13.0 Å². The van der Waals surface area contributed by atoms with Gasteiger partial charge in [-0.15, -0.1) is 10.2 Å². The third kappa shape index (κ3) is 2.13. The van der Waals surface area contributed by atoms with E-state index < -0.39 is 0 Å². The number of nitrogens with two attached hydrogens (primary N) is 1. The molecule has 3 rings (SSSR count). The molecule has 2 heterocycles. The fourth-order valence-corrected chi connectivity index (χ4v) is 2.05. The van der Waals surface area contributed by atoms with Crippen molar-refractivity contribution in [3.05, 3.63) is 40.4 Å². The van der Waals surface area contributed by atoms with Crippen molar-refractivity contribution in [1.29, 1.82) is 0 Å². The molecule has 0 aliphatic heterocycles. The maximum atomic E-state index is 5.95. The monoisotopic (exact) mass is 309 g/mol. The maximum Gasteiger partial charge on any atom is 0.265 e. The van der Waals surface area contributed by atoms with Crippen molar-refractivity contribution in [2.24, 2.45) is 0 Å². The molecule has 0 amide bonds. The van der Waals surface area contributed by atoms with E-state index in [9.17, 15) is 0 Å². The van der Waals surface area contributed by atoms with Gasteiger partial charge in [-0.3, -0.25) is 4.40 Å². The molecule has 6 nitrogen and oxygen atoms in total. The van der Waals surface area contributed by atoms with Crippen molar-refractivity contribution in [2.45, 2.75) is 6.92 Å². The van der Waals surface area contributed by atoms with Crippen molar-refractivity contribution in [1.82, 2.24) is 19.6 Å². The van der Waals surface area contributed by atoms with Gasteiger partial charge in [-0.1, -0.05) is 23.2 Å². The van der Waals surface area contributed by atoms with E-state index in [1.807, 2.05) is 6.92 Å². The highest BCUT2D eigenvalue weighted by Crippen LogP contribution is 2.35. The zero-order valence-corrected chi connectivity index (χ0v) is 11.9. The summed E-state index contributed by atoms with van der Waals surface area (Å²) in [5, 5.41) is 8.69. The Bertz CT molecular complexity index is 802. The van der Waals surface area contributed by atoms with Crippen molar-refractivity contribution < 1.29 is 4.74 Å². The van der Waals surface area contributed by atoms with Crippen LogP contribution in [0.1, 0.15) is 5.82 Å². The van der Waals surface area contributed by atoms with Crippen molar-refractivity contribution >= 4 is 34.5 Å². The number of nitrogen functional groups attached to an aromatic ring is 1. The molecule has 2 aromatic heterocycles. The topological polar surface area (TPSA) is 78.3 Å². The van der Waals surface area contributed by atoms with Gasteiger partial charge >= 0.3 is 0 Å². The average Bonchev–Trinajstić information content (AvgIpc) is 2.79. The summed E-state index contributed by atoms with van der Waals surface area (Å²) in [7, 11) is 0. The highest BCUT2D eigenvalue weighted by atomic mass is 35.5. The van der Waals surface area contributed by atoms with Gasteiger partial charge in [0.25, 0.3) is 5.88 Å². The summed E-state index contributed by atoms with van der Waals surface area (Å²) in [5.41, 5.74) is 6.71. The van der Waals surface area contributed by atoms with Crippen LogP contribution in [-0.4, -0.2) is 19.6 Å². The third-order valence-corrected chi connectivity index (χ3v) is 3.45. The number of hydrogen-bond acceptors (Lipinski definition) is 5. The highest BCUT2D eigenvalue weighted by Gasteiger charge is 2.13. The Kier molecular flexibility index (Phi) is 3.11. The Labute approximate surface area is 124 Å². The molecule has 0 atom stereocenters. The molecule has 0 fully saturated rings. The van der Waals surface area contributed by atoms with E-state index in [4.69, 9.17) is 33.7 Å². The molecule has 0 aliphatic carbocycles. The number of halogens is 2. The van der Waals surface area contributed by atoms with Crippen LogP contribution in [0.2, 0.25) is 10.0 Å². The first-order valence-electron chi connectivity index (χ1n) is 5.65.